The van der Waals surface area contributed by atoms with Crippen LogP contribution in [0, 0.1) is 10.1 Å². The summed E-state index contributed by atoms with van der Waals surface area (Å²) in [5.41, 5.74) is -0.639. The Bertz CT molecular complexity index is 1230. The van der Waals surface area contributed by atoms with Gasteiger partial charge in [0.1, 0.15) is 29.6 Å². The van der Waals surface area contributed by atoms with Crippen LogP contribution >= 0.6 is 0 Å². The highest BCUT2D eigenvalue weighted by molar-refractivity contribution is 5.91. The van der Waals surface area contributed by atoms with Crippen LogP contribution in [0.3, 0.4) is 0 Å². The molecule has 0 heterocycles. The number of alkyl carbamates (subject to hydrolysis) is 1. The lowest BCUT2D eigenvalue weighted by Gasteiger charge is -2.26. The molecule has 13 heteroatoms. The molecule has 1 atom stereocenters. The number of ether oxygens (including phenoxy) is 4. The molecule has 13 nitrogen and oxygen atoms in total. The summed E-state index contributed by atoms with van der Waals surface area (Å²) in [6.45, 7) is 10.0. The fraction of sp³-hybridized carbons (Fsp3) is 0.429. The summed E-state index contributed by atoms with van der Waals surface area (Å²) >= 11 is 0. The van der Waals surface area contributed by atoms with Crippen molar-refractivity contribution in [3.63, 3.8) is 0 Å². The zero-order valence-corrected chi connectivity index (χ0v) is 23.8. The van der Waals surface area contributed by atoms with E-state index in [0.717, 1.165) is 0 Å². The molecule has 2 N–H and O–H groups in total. The lowest BCUT2D eigenvalue weighted by molar-refractivity contribution is -0.384. The molecular weight excluding hydrogens is 538 g/mol. The molecule has 0 saturated carbocycles. The molecule has 2 aromatic rings. The first kappa shape index (κ1) is 32.5. The van der Waals surface area contributed by atoms with E-state index in [-0.39, 0.29) is 30.9 Å². The molecule has 41 heavy (non-hydrogen) atoms. The number of amides is 2. The number of nitro benzene ring substituents is 1. The van der Waals surface area contributed by atoms with E-state index in [9.17, 15) is 29.3 Å². The van der Waals surface area contributed by atoms with E-state index in [0.29, 0.717) is 11.3 Å². The quantitative estimate of drug-likeness (QED) is 0.125. The molecular formula is C28H35N3O10. The minimum absolute atomic E-state index is 0.0250. The third-order valence-electron chi connectivity index (χ3n) is 4.89. The smallest absolute Gasteiger partial charge is 0.458 e. The lowest BCUT2D eigenvalue weighted by Crippen LogP contribution is -2.46. The average molecular weight is 574 g/mol. The summed E-state index contributed by atoms with van der Waals surface area (Å²) in [5, 5.41) is 15.9. The van der Waals surface area contributed by atoms with Gasteiger partial charge in [-0.3, -0.25) is 14.9 Å². The topological polar surface area (TPSA) is 172 Å². The summed E-state index contributed by atoms with van der Waals surface area (Å²) in [6, 6.07) is 10.3. The van der Waals surface area contributed by atoms with Gasteiger partial charge in [0.05, 0.1) is 4.92 Å². The maximum absolute atomic E-state index is 12.6. The van der Waals surface area contributed by atoms with Crippen LogP contribution in [0.1, 0.15) is 59.9 Å². The van der Waals surface area contributed by atoms with E-state index in [1.165, 1.54) is 24.3 Å². The van der Waals surface area contributed by atoms with Crippen molar-refractivity contribution in [3.8, 4) is 5.75 Å². The number of hydrogen-bond donors (Lipinski definition) is 2. The van der Waals surface area contributed by atoms with Crippen LogP contribution in [0.15, 0.2) is 48.5 Å². The number of nitrogens with one attached hydrogen (secondary N) is 2. The van der Waals surface area contributed by atoms with E-state index in [1.54, 1.807) is 65.8 Å². The number of rotatable bonds is 10. The van der Waals surface area contributed by atoms with Gasteiger partial charge in [0, 0.05) is 24.2 Å². The van der Waals surface area contributed by atoms with Gasteiger partial charge < -0.3 is 29.6 Å². The Balaban J connectivity index is 1.86. The van der Waals surface area contributed by atoms with Crippen molar-refractivity contribution in [1.82, 2.24) is 5.32 Å². The molecule has 2 amide bonds. The molecule has 2 rings (SSSR count). The van der Waals surface area contributed by atoms with Gasteiger partial charge in [-0.15, -0.1) is 0 Å². The van der Waals surface area contributed by atoms with Crippen LogP contribution in [-0.2, 0) is 30.4 Å². The first-order valence-corrected chi connectivity index (χ1v) is 12.7. The minimum atomic E-state index is -1.10. The van der Waals surface area contributed by atoms with Crippen LogP contribution in [0.25, 0.3) is 0 Å². The molecule has 2 aromatic carbocycles. The first-order valence-electron chi connectivity index (χ1n) is 12.7. The van der Waals surface area contributed by atoms with Gasteiger partial charge in [0.25, 0.3) is 5.69 Å². The summed E-state index contributed by atoms with van der Waals surface area (Å²) in [6.07, 6.45) is -1.92. The molecule has 0 aliphatic carbocycles. The summed E-state index contributed by atoms with van der Waals surface area (Å²) in [5.74, 6) is -0.998. The number of anilines is 1. The maximum Gasteiger partial charge on any atom is 0.514 e. The van der Waals surface area contributed by atoms with Crippen LogP contribution < -0.4 is 15.4 Å². The van der Waals surface area contributed by atoms with Crippen LogP contribution in [0.4, 0.5) is 21.0 Å². The van der Waals surface area contributed by atoms with Gasteiger partial charge in [-0.1, -0.05) is 12.1 Å². The third kappa shape index (κ3) is 12.8. The Hall–Kier alpha value is -4.68. The summed E-state index contributed by atoms with van der Waals surface area (Å²) in [7, 11) is 0. The zero-order chi connectivity index (χ0) is 30.8. The van der Waals surface area contributed by atoms with Crippen LogP contribution in [0.5, 0.6) is 5.75 Å². The predicted octanol–water partition coefficient (Wildman–Crippen LogP) is 5.26. The van der Waals surface area contributed by atoms with Crippen molar-refractivity contribution >= 4 is 35.5 Å². The Kier molecular flexibility index (Phi) is 11.2. The van der Waals surface area contributed by atoms with E-state index in [1.807, 2.05) is 0 Å². The summed E-state index contributed by atoms with van der Waals surface area (Å²) in [4.78, 5) is 59.4. The van der Waals surface area contributed by atoms with Crippen molar-refractivity contribution in [2.75, 3.05) is 5.32 Å². The van der Waals surface area contributed by atoms with E-state index in [2.05, 4.69) is 10.6 Å². The minimum Gasteiger partial charge on any atom is -0.458 e. The van der Waals surface area contributed by atoms with Crippen LogP contribution in [-0.4, -0.2) is 46.3 Å². The van der Waals surface area contributed by atoms with Gasteiger partial charge >= 0.3 is 18.2 Å². The van der Waals surface area contributed by atoms with Crippen molar-refractivity contribution in [2.24, 2.45) is 0 Å². The van der Waals surface area contributed by atoms with E-state index in [4.69, 9.17) is 18.9 Å². The number of carbonyl (C=O) groups is 4. The van der Waals surface area contributed by atoms with E-state index >= 15 is 0 Å². The second-order valence-corrected chi connectivity index (χ2v) is 10.9. The number of non-ortho nitro benzene ring substituents is 1. The molecule has 0 bridgehead atoms. The zero-order valence-electron chi connectivity index (χ0n) is 23.8. The average Bonchev–Trinajstić information content (AvgIpc) is 2.84. The third-order valence-corrected chi connectivity index (χ3v) is 4.89. The fourth-order valence-corrected chi connectivity index (χ4v) is 3.16. The monoisotopic (exact) mass is 573 g/mol. The predicted molar refractivity (Wildman–Crippen MR) is 147 cm³/mol. The molecule has 222 valence electrons. The van der Waals surface area contributed by atoms with Gasteiger partial charge in [0.15, 0.2) is 0 Å². The first-order chi connectivity index (χ1) is 19.0. The second-order valence-electron chi connectivity index (χ2n) is 10.9. The maximum atomic E-state index is 12.6. The Labute approximate surface area is 237 Å². The summed E-state index contributed by atoms with van der Waals surface area (Å²) < 4.78 is 20.6. The normalized spacial score (nSPS) is 12.0. The number of hydrogen-bond acceptors (Lipinski definition) is 10. The molecule has 0 radical (unpaired) electrons. The number of nitro groups is 1. The lowest BCUT2D eigenvalue weighted by atomic mass is 10.1. The van der Waals surface area contributed by atoms with Crippen LogP contribution in [0.2, 0.25) is 0 Å². The van der Waals surface area contributed by atoms with Gasteiger partial charge in [-0.25, -0.2) is 14.4 Å². The molecule has 0 fully saturated rings. The Morgan fingerprint density at radius 1 is 0.878 bits per heavy atom. The van der Waals surface area contributed by atoms with Crippen molar-refractivity contribution in [2.45, 2.75) is 78.2 Å². The molecule has 0 spiro atoms. The molecule has 0 aliphatic rings. The SMILES string of the molecule is CC(C)(C)OC(=O)N[C@@H](CCC(=O)Nc1ccc(COC(=O)Oc2ccc([N+](=O)[O-])cc2)cc1)C(=O)OC(C)(C)C. The highest BCUT2D eigenvalue weighted by atomic mass is 16.7. The number of carbonyl (C=O) groups excluding carboxylic acids is 4. The van der Waals surface area contributed by atoms with Crippen molar-refractivity contribution < 1.29 is 43.0 Å². The second kappa shape index (κ2) is 14.1. The number of nitrogens with zero attached hydrogens (tertiary/aromatic N) is 1. The molecule has 0 aromatic heterocycles. The molecule has 0 saturated heterocycles. The highest BCUT2D eigenvalue weighted by Crippen LogP contribution is 2.19. The number of esters is 1. The standard InChI is InChI=1S/C28H35N3O10/c1-27(2,3)40-24(33)22(30-25(34)41-28(4,5)6)15-16-23(32)29-19-9-7-18(8-10-19)17-38-26(35)39-21-13-11-20(12-14-21)31(36)37/h7-14,22H,15-17H2,1-6H3,(H,29,32)(H,30,34)/t22-/m0/s1. The highest BCUT2D eigenvalue weighted by Gasteiger charge is 2.29. The van der Waals surface area contributed by atoms with Gasteiger partial charge in [0.2, 0.25) is 5.91 Å². The number of benzene rings is 2. The molecule has 0 unspecified atom stereocenters. The van der Waals surface area contributed by atoms with Crippen molar-refractivity contribution in [1.29, 1.82) is 0 Å². The Morgan fingerprint density at radius 3 is 2.00 bits per heavy atom. The Morgan fingerprint density at radius 2 is 1.46 bits per heavy atom. The largest absolute Gasteiger partial charge is 0.514 e. The van der Waals surface area contributed by atoms with Crippen molar-refractivity contribution in [3.05, 3.63) is 64.2 Å². The molecule has 0 aliphatic heterocycles. The van der Waals surface area contributed by atoms with Gasteiger partial charge in [-0.05, 0) is 77.8 Å². The fourth-order valence-electron chi connectivity index (χ4n) is 3.16. The van der Waals surface area contributed by atoms with Gasteiger partial charge in [-0.2, -0.15) is 0 Å². The van der Waals surface area contributed by atoms with E-state index < -0.39 is 46.3 Å².